The molecule has 3 nitrogen and oxygen atoms in total. The van der Waals surface area contributed by atoms with E-state index in [0.29, 0.717) is 19.0 Å². The van der Waals surface area contributed by atoms with Crippen LogP contribution in [0.5, 0.6) is 0 Å². The van der Waals surface area contributed by atoms with Gasteiger partial charge in [-0.1, -0.05) is 30.3 Å². The van der Waals surface area contributed by atoms with Crippen LogP contribution in [-0.2, 0) is 4.79 Å². The molecule has 0 saturated heterocycles. The Morgan fingerprint density at radius 3 is 2.75 bits per heavy atom. The zero-order valence-corrected chi connectivity index (χ0v) is 9.57. The lowest BCUT2D eigenvalue weighted by Gasteiger charge is -2.14. The quantitative estimate of drug-likeness (QED) is 0.799. The summed E-state index contributed by atoms with van der Waals surface area (Å²) in [5.74, 6) is 0.400. The van der Waals surface area contributed by atoms with Crippen LogP contribution in [-0.4, -0.2) is 19.0 Å². The normalized spacial score (nSPS) is 27.5. The summed E-state index contributed by atoms with van der Waals surface area (Å²) in [7, 11) is 0. The Labute approximate surface area is 96.0 Å². The first kappa shape index (κ1) is 11.1. The highest BCUT2D eigenvalue weighted by Crippen LogP contribution is 2.58. The van der Waals surface area contributed by atoms with Gasteiger partial charge < -0.3 is 11.1 Å². The number of hydrogen-bond donors (Lipinski definition) is 2. The molecule has 1 fully saturated rings. The van der Waals surface area contributed by atoms with Crippen molar-refractivity contribution in [1.82, 2.24) is 5.32 Å². The van der Waals surface area contributed by atoms with Gasteiger partial charge >= 0.3 is 0 Å². The van der Waals surface area contributed by atoms with E-state index >= 15 is 0 Å². The molecule has 2 rings (SSSR count). The van der Waals surface area contributed by atoms with Crippen molar-refractivity contribution in [2.45, 2.75) is 19.3 Å². The topological polar surface area (TPSA) is 55.1 Å². The molecule has 0 spiro atoms. The Hall–Kier alpha value is -1.35. The van der Waals surface area contributed by atoms with Gasteiger partial charge in [0.25, 0.3) is 0 Å². The molecule has 1 aliphatic carbocycles. The first-order valence-corrected chi connectivity index (χ1v) is 5.78. The first-order valence-electron chi connectivity index (χ1n) is 5.78. The number of carbonyl (C=O) groups excluding carboxylic acids is 1. The summed E-state index contributed by atoms with van der Waals surface area (Å²) in [4.78, 5) is 12.0. The van der Waals surface area contributed by atoms with E-state index in [1.54, 1.807) is 0 Å². The van der Waals surface area contributed by atoms with Crippen LogP contribution in [0.4, 0.5) is 0 Å². The highest BCUT2D eigenvalue weighted by Gasteiger charge is 2.59. The lowest BCUT2D eigenvalue weighted by molar-refractivity contribution is -0.126. The van der Waals surface area contributed by atoms with Crippen LogP contribution >= 0.6 is 0 Å². The Balaban J connectivity index is 2.14. The minimum absolute atomic E-state index is 0.103. The predicted octanol–water partition coefficient (Wildman–Crippen LogP) is 1.26. The van der Waals surface area contributed by atoms with Crippen molar-refractivity contribution in [2.24, 2.45) is 11.1 Å². The minimum atomic E-state index is -0.350. The number of hydrogen-bond acceptors (Lipinski definition) is 2. The van der Waals surface area contributed by atoms with Crippen molar-refractivity contribution in [2.75, 3.05) is 13.1 Å². The molecule has 1 amide bonds. The summed E-state index contributed by atoms with van der Waals surface area (Å²) in [6.07, 6.45) is 0.874. The van der Waals surface area contributed by atoms with Crippen molar-refractivity contribution < 1.29 is 4.79 Å². The van der Waals surface area contributed by atoms with Crippen LogP contribution < -0.4 is 11.1 Å². The second-order valence-electron chi connectivity index (χ2n) is 4.39. The Kier molecular flexibility index (Phi) is 2.97. The number of carbonyl (C=O) groups is 1. The van der Waals surface area contributed by atoms with Gasteiger partial charge in [-0.15, -0.1) is 0 Å². The maximum atomic E-state index is 12.0. The molecule has 86 valence electrons. The van der Waals surface area contributed by atoms with Gasteiger partial charge in [-0.25, -0.2) is 0 Å². The zero-order chi connectivity index (χ0) is 11.6. The van der Waals surface area contributed by atoms with Gasteiger partial charge in [-0.2, -0.15) is 0 Å². The SMILES string of the molecule is CCNC(=O)C1(CN)CC1c1ccccc1. The second-order valence-corrected chi connectivity index (χ2v) is 4.39. The molecule has 1 aromatic carbocycles. The molecule has 2 atom stereocenters. The van der Waals surface area contributed by atoms with Gasteiger partial charge in [0.2, 0.25) is 5.91 Å². The minimum Gasteiger partial charge on any atom is -0.356 e. The number of rotatable bonds is 4. The third kappa shape index (κ3) is 1.71. The van der Waals surface area contributed by atoms with Crippen LogP contribution in [0, 0.1) is 5.41 Å². The predicted molar refractivity (Wildman–Crippen MR) is 64.0 cm³/mol. The van der Waals surface area contributed by atoms with E-state index in [0.717, 1.165) is 6.42 Å². The standard InChI is InChI=1S/C13H18N2O/c1-2-15-12(16)13(9-14)8-11(13)10-6-4-3-5-7-10/h3-7,11H,2,8-9,14H2,1H3,(H,15,16). The molecule has 2 unspecified atom stereocenters. The summed E-state index contributed by atoms with van der Waals surface area (Å²) in [5.41, 5.74) is 6.64. The Morgan fingerprint density at radius 2 is 2.19 bits per heavy atom. The maximum Gasteiger partial charge on any atom is 0.228 e. The van der Waals surface area contributed by atoms with Crippen LogP contribution in [0.2, 0.25) is 0 Å². The van der Waals surface area contributed by atoms with Gasteiger partial charge in [0.05, 0.1) is 5.41 Å². The van der Waals surface area contributed by atoms with E-state index in [4.69, 9.17) is 5.73 Å². The molecular weight excluding hydrogens is 200 g/mol. The summed E-state index contributed by atoms with van der Waals surface area (Å²) >= 11 is 0. The van der Waals surface area contributed by atoms with Crippen molar-refractivity contribution in [3.05, 3.63) is 35.9 Å². The second kappa shape index (κ2) is 4.26. The van der Waals surface area contributed by atoms with E-state index in [1.165, 1.54) is 5.56 Å². The molecule has 0 aromatic heterocycles. The van der Waals surface area contributed by atoms with E-state index in [2.05, 4.69) is 17.4 Å². The molecule has 0 radical (unpaired) electrons. The summed E-state index contributed by atoms with van der Waals surface area (Å²) < 4.78 is 0. The molecule has 1 saturated carbocycles. The highest BCUT2D eigenvalue weighted by molar-refractivity contribution is 5.87. The van der Waals surface area contributed by atoms with E-state index in [1.807, 2.05) is 25.1 Å². The average Bonchev–Trinajstić information content (AvgIpc) is 3.06. The monoisotopic (exact) mass is 218 g/mol. The summed E-state index contributed by atoms with van der Waals surface area (Å²) in [5, 5.41) is 2.88. The van der Waals surface area contributed by atoms with Gasteiger partial charge in [0.1, 0.15) is 0 Å². The van der Waals surface area contributed by atoms with Gasteiger partial charge in [0, 0.05) is 19.0 Å². The van der Waals surface area contributed by atoms with Crippen LogP contribution in [0.15, 0.2) is 30.3 Å². The van der Waals surface area contributed by atoms with Crippen LogP contribution in [0.25, 0.3) is 0 Å². The number of nitrogens with one attached hydrogen (secondary N) is 1. The van der Waals surface area contributed by atoms with Gasteiger partial charge in [-0.05, 0) is 18.9 Å². The largest absolute Gasteiger partial charge is 0.356 e. The first-order chi connectivity index (χ1) is 7.74. The fraction of sp³-hybridized carbons (Fsp3) is 0.462. The molecule has 0 aliphatic heterocycles. The van der Waals surface area contributed by atoms with Crippen molar-refractivity contribution >= 4 is 5.91 Å². The smallest absolute Gasteiger partial charge is 0.228 e. The van der Waals surface area contributed by atoms with Crippen molar-refractivity contribution in [3.63, 3.8) is 0 Å². The van der Waals surface area contributed by atoms with Gasteiger partial charge in [-0.3, -0.25) is 4.79 Å². The van der Waals surface area contributed by atoms with Crippen molar-refractivity contribution in [1.29, 1.82) is 0 Å². The average molecular weight is 218 g/mol. The van der Waals surface area contributed by atoms with Crippen molar-refractivity contribution in [3.8, 4) is 0 Å². The molecule has 16 heavy (non-hydrogen) atoms. The Morgan fingerprint density at radius 1 is 1.50 bits per heavy atom. The molecule has 1 aromatic rings. The Bertz CT molecular complexity index is 377. The molecular formula is C13H18N2O. The molecule has 1 aliphatic rings. The number of nitrogens with two attached hydrogens (primary N) is 1. The number of amides is 1. The van der Waals surface area contributed by atoms with E-state index in [-0.39, 0.29) is 11.3 Å². The van der Waals surface area contributed by atoms with Gasteiger partial charge in [0.15, 0.2) is 0 Å². The van der Waals surface area contributed by atoms with E-state index < -0.39 is 0 Å². The van der Waals surface area contributed by atoms with Crippen LogP contribution in [0.1, 0.15) is 24.8 Å². The molecule has 3 heteroatoms. The molecule has 0 bridgehead atoms. The third-order valence-electron chi connectivity index (χ3n) is 3.43. The fourth-order valence-electron chi connectivity index (χ4n) is 2.33. The summed E-state index contributed by atoms with van der Waals surface area (Å²) in [6.45, 7) is 3.03. The van der Waals surface area contributed by atoms with Crippen LogP contribution in [0.3, 0.4) is 0 Å². The zero-order valence-electron chi connectivity index (χ0n) is 9.57. The maximum absolute atomic E-state index is 12.0. The fourth-order valence-corrected chi connectivity index (χ4v) is 2.33. The lowest BCUT2D eigenvalue weighted by atomic mass is 9.98. The molecule has 3 N–H and O–H groups in total. The van der Waals surface area contributed by atoms with E-state index in [9.17, 15) is 4.79 Å². The highest BCUT2D eigenvalue weighted by atomic mass is 16.2. The third-order valence-corrected chi connectivity index (χ3v) is 3.43. The number of benzene rings is 1. The summed E-state index contributed by atoms with van der Waals surface area (Å²) in [6, 6.07) is 10.1. The molecule has 0 heterocycles. The lowest BCUT2D eigenvalue weighted by Crippen LogP contribution is -2.37.